The van der Waals surface area contributed by atoms with Crippen molar-refractivity contribution in [3.8, 4) is 0 Å². The second-order valence-corrected chi connectivity index (χ2v) is 1.65. The molecule has 0 aromatic carbocycles. The van der Waals surface area contributed by atoms with Gasteiger partial charge in [0.1, 0.15) is 0 Å². The molecule has 0 aliphatic carbocycles. The summed E-state index contributed by atoms with van der Waals surface area (Å²) in [6, 6.07) is 0. The zero-order valence-corrected chi connectivity index (χ0v) is 10.3. The molecule has 4 N–H and O–H groups in total. The Labute approximate surface area is 117 Å². The van der Waals surface area contributed by atoms with Crippen LogP contribution in [-0.4, -0.2) is 82.0 Å². The first-order valence-corrected chi connectivity index (χ1v) is 2.96. The number of rotatable bonds is 0. The minimum absolute atomic E-state index is 0. The van der Waals surface area contributed by atoms with Gasteiger partial charge in [-0.15, -0.1) is 0 Å². The maximum atomic E-state index is 9.10. The summed E-state index contributed by atoms with van der Waals surface area (Å²) in [6.45, 7) is 2.17. The Morgan fingerprint density at radius 1 is 0.733 bits per heavy atom. The molecule has 0 aromatic heterocycles. The largest absolute Gasteiger partial charge is 2.00 e. The zero-order valence-electron chi connectivity index (χ0n) is 10.1. The van der Waals surface area contributed by atoms with E-state index in [0.717, 1.165) is 13.8 Å². The van der Waals surface area contributed by atoms with Crippen LogP contribution in [0.25, 0.3) is 0 Å². The number of carboxylic acids is 4. The molecule has 0 aliphatic rings. The molecule has 0 heterocycles. The maximum absolute atomic E-state index is 9.10. The van der Waals surface area contributed by atoms with Gasteiger partial charge in [-0.1, -0.05) is 0 Å². The van der Waals surface area contributed by atoms with E-state index < -0.39 is 23.9 Å². The number of hydrogen-bond donors (Lipinski definition) is 4. The van der Waals surface area contributed by atoms with Crippen molar-refractivity contribution in [2.45, 2.75) is 13.8 Å². The van der Waals surface area contributed by atoms with Crippen LogP contribution < -0.4 is 0 Å². The standard InChI is InChI=1S/C2H2O4.2C2H4O2.Ca.2H/c3-1(4)2(5)6;2*1-2(3)4;;;/h(H,3,4)(H,5,6);2*1H3,(H,3,4);;;/q;;;+2;2*-1. The third kappa shape index (κ3) is 165. The summed E-state index contributed by atoms with van der Waals surface area (Å²) in [6.07, 6.45) is 0. The second-order valence-electron chi connectivity index (χ2n) is 1.65. The predicted octanol–water partition coefficient (Wildman–Crippen LogP) is -0.818. The third-order valence-corrected chi connectivity index (χ3v) is 0.183. The SMILES string of the molecule is CC(=O)O.CC(=O)O.O=C(O)C(=O)O.[Ca+2].[H-].[H-]. The van der Waals surface area contributed by atoms with Crippen molar-refractivity contribution in [1.82, 2.24) is 0 Å². The van der Waals surface area contributed by atoms with Gasteiger partial charge in [0.2, 0.25) is 0 Å². The topological polar surface area (TPSA) is 149 Å². The second kappa shape index (κ2) is 15.6. The van der Waals surface area contributed by atoms with Crippen LogP contribution in [0.4, 0.5) is 0 Å². The Hall–Kier alpha value is -0.860. The number of hydrogen-bond acceptors (Lipinski definition) is 4. The number of carboxylic acid groups (broad SMARTS) is 4. The Morgan fingerprint density at radius 3 is 0.800 bits per heavy atom. The van der Waals surface area contributed by atoms with Crippen LogP contribution in [0.3, 0.4) is 0 Å². The molecule has 0 fully saturated rings. The van der Waals surface area contributed by atoms with E-state index in [4.69, 9.17) is 39.6 Å². The minimum Gasteiger partial charge on any atom is -1.00 e. The van der Waals surface area contributed by atoms with Crippen LogP contribution in [0.15, 0.2) is 0 Å². The molecule has 0 spiro atoms. The van der Waals surface area contributed by atoms with Crippen molar-refractivity contribution in [2.24, 2.45) is 0 Å². The average Bonchev–Trinajstić information content (AvgIpc) is 1.83. The van der Waals surface area contributed by atoms with E-state index in [1.807, 2.05) is 0 Å². The van der Waals surface area contributed by atoms with Crippen LogP contribution in [0, 0.1) is 0 Å². The Kier molecular flexibility index (Phi) is 24.7. The van der Waals surface area contributed by atoms with Crippen molar-refractivity contribution in [3.05, 3.63) is 0 Å². The maximum Gasteiger partial charge on any atom is 2.00 e. The summed E-state index contributed by atoms with van der Waals surface area (Å²) in [4.78, 5) is 36.2. The third-order valence-electron chi connectivity index (χ3n) is 0.183. The number of carbonyl (C=O) groups is 4. The Bertz CT molecular complexity index is 200. The van der Waals surface area contributed by atoms with E-state index in [9.17, 15) is 0 Å². The van der Waals surface area contributed by atoms with Crippen LogP contribution in [-0.2, 0) is 19.2 Å². The van der Waals surface area contributed by atoms with Gasteiger partial charge in [0, 0.05) is 13.8 Å². The molecule has 86 valence electrons. The van der Waals surface area contributed by atoms with Crippen molar-refractivity contribution >= 4 is 61.6 Å². The molecule has 0 saturated carbocycles. The molecule has 9 heteroatoms. The molecule has 0 amide bonds. The van der Waals surface area contributed by atoms with Gasteiger partial charge in [-0.2, -0.15) is 0 Å². The Morgan fingerprint density at radius 2 is 0.800 bits per heavy atom. The molecular formula is C6H12CaO8. The van der Waals surface area contributed by atoms with E-state index in [0.29, 0.717) is 0 Å². The van der Waals surface area contributed by atoms with Gasteiger partial charge in [0.05, 0.1) is 0 Å². The van der Waals surface area contributed by atoms with Crippen LogP contribution >= 0.6 is 0 Å². The molecule has 0 atom stereocenters. The normalized spacial score (nSPS) is 6.27. The van der Waals surface area contributed by atoms with Crippen LogP contribution in [0.5, 0.6) is 0 Å². The Balaban J connectivity index is -0.0000000252. The molecule has 0 aliphatic heterocycles. The summed E-state index contributed by atoms with van der Waals surface area (Å²) in [5.41, 5.74) is 0. The first-order chi connectivity index (χ1) is 6.11. The van der Waals surface area contributed by atoms with Gasteiger partial charge in [0.15, 0.2) is 0 Å². The molecule has 0 unspecified atom stereocenters. The monoisotopic (exact) mass is 252 g/mol. The summed E-state index contributed by atoms with van der Waals surface area (Å²) in [5, 5.41) is 29.6. The van der Waals surface area contributed by atoms with E-state index in [2.05, 4.69) is 0 Å². The molecule has 0 bridgehead atoms. The summed E-state index contributed by atoms with van der Waals surface area (Å²) in [5.74, 6) is -5.31. The zero-order chi connectivity index (χ0) is 12.3. The van der Waals surface area contributed by atoms with Gasteiger partial charge in [-0.05, 0) is 0 Å². The molecule has 8 nitrogen and oxygen atoms in total. The first kappa shape index (κ1) is 23.7. The van der Waals surface area contributed by atoms with E-state index in [1.54, 1.807) is 0 Å². The first-order valence-electron chi connectivity index (χ1n) is 2.96. The van der Waals surface area contributed by atoms with Crippen LogP contribution in [0.1, 0.15) is 16.7 Å². The fourth-order valence-electron chi connectivity index (χ4n) is 0. The van der Waals surface area contributed by atoms with E-state index in [-0.39, 0.29) is 40.6 Å². The van der Waals surface area contributed by atoms with E-state index in [1.165, 1.54) is 0 Å². The molecule has 0 saturated heterocycles. The van der Waals surface area contributed by atoms with Crippen LogP contribution in [0.2, 0.25) is 0 Å². The van der Waals surface area contributed by atoms with Crippen molar-refractivity contribution < 1.29 is 42.5 Å². The molecule has 0 radical (unpaired) electrons. The average molecular weight is 252 g/mol. The summed E-state index contributed by atoms with van der Waals surface area (Å²) in [7, 11) is 0. The molecule has 0 aromatic rings. The molecule has 0 rings (SSSR count). The van der Waals surface area contributed by atoms with E-state index >= 15 is 0 Å². The molecular weight excluding hydrogens is 240 g/mol. The minimum atomic E-state index is -1.82. The predicted molar refractivity (Wildman–Crippen MR) is 49.9 cm³/mol. The fraction of sp³-hybridized carbons (Fsp3) is 0.333. The molecule has 15 heavy (non-hydrogen) atoms. The van der Waals surface area contributed by atoms with Gasteiger partial charge in [0.25, 0.3) is 11.9 Å². The van der Waals surface area contributed by atoms with Gasteiger partial charge in [-0.3, -0.25) is 9.59 Å². The van der Waals surface area contributed by atoms with Gasteiger partial charge < -0.3 is 23.3 Å². The van der Waals surface area contributed by atoms with Gasteiger partial charge >= 0.3 is 49.7 Å². The van der Waals surface area contributed by atoms with Crippen molar-refractivity contribution in [2.75, 3.05) is 0 Å². The number of aliphatic carboxylic acids is 4. The quantitative estimate of drug-likeness (QED) is 0.322. The van der Waals surface area contributed by atoms with Crippen molar-refractivity contribution in [1.29, 1.82) is 0 Å². The van der Waals surface area contributed by atoms with Crippen molar-refractivity contribution in [3.63, 3.8) is 0 Å². The fourth-order valence-corrected chi connectivity index (χ4v) is 0. The summed E-state index contributed by atoms with van der Waals surface area (Å²) >= 11 is 0. The van der Waals surface area contributed by atoms with Gasteiger partial charge in [-0.25, -0.2) is 9.59 Å². The summed E-state index contributed by atoms with van der Waals surface area (Å²) < 4.78 is 0. The smallest absolute Gasteiger partial charge is 1.00 e.